The van der Waals surface area contributed by atoms with Crippen LogP contribution in [0.3, 0.4) is 0 Å². The highest BCUT2D eigenvalue weighted by molar-refractivity contribution is 5.93. The van der Waals surface area contributed by atoms with Crippen LogP contribution in [0.4, 0.5) is 5.69 Å². The Labute approximate surface area is 240 Å². The van der Waals surface area contributed by atoms with E-state index in [0.717, 1.165) is 71.0 Å². The van der Waals surface area contributed by atoms with Crippen LogP contribution in [0.25, 0.3) is 0 Å². The van der Waals surface area contributed by atoms with Crippen LogP contribution < -0.4 is 10.1 Å². The average Bonchev–Trinajstić information content (AvgIpc) is 2.97. The Kier molecular flexibility index (Phi) is 9.59. The second-order valence-corrected chi connectivity index (χ2v) is 12.1. The first-order chi connectivity index (χ1) is 19.5. The molecule has 1 atom stereocenters. The first-order valence-corrected chi connectivity index (χ1v) is 15.4. The summed E-state index contributed by atoms with van der Waals surface area (Å²) < 4.78 is 6.14. The van der Waals surface area contributed by atoms with Gasteiger partial charge in [-0.1, -0.05) is 113 Å². The van der Waals surface area contributed by atoms with Crippen molar-refractivity contribution in [3.8, 4) is 11.5 Å². The van der Waals surface area contributed by atoms with Gasteiger partial charge in [-0.3, -0.25) is 4.79 Å². The van der Waals surface area contributed by atoms with Crippen molar-refractivity contribution in [1.29, 1.82) is 0 Å². The molecular formula is C36H45NO3. The maximum atomic E-state index is 13.7. The van der Waals surface area contributed by atoms with E-state index >= 15 is 0 Å². The van der Waals surface area contributed by atoms with Crippen LogP contribution in [-0.4, -0.2) is 17.1 Å². The van der Waals surface area contributed by atoms with Crippen LogP contribution in [0.2, 0.25) is 0 Å². The average molecular weight is 540 g/mol. The number of para-hydroxylation sites is 3. The minimum Gasteiger partial charge on any atom is -0.457 e. The van der Waals surface area contributed by atoms with Crippen molar-refractivity contribution in [3.05, 3.63) is 89.0 Å². The number of hydrogen-bond donors (Lipinski definition) is 2. The van der Waals surface area contributed by atoms with E-state index in [4.69, 9.17) is 4.74 Å². The lowest BCUT2D eigenvalue weighted by Gasteiger charge is -2.28. The molecule has 2 aliphatic rings. The van der Waals surface area contributed by atoms with Crippen LogP contribution in [0.1, 0.15) is 112 Å². The molecule has 1 aliphatic heterocycles. The Morgan fingerprint density at radius 3 is 2.25 bits per heavy atom. The van der Waals surface area contributed by atoms with Gasteiger partial charge in [-0.2, -0.15) is 0 Å². The lowest BCUT2D eigenvalue weighted by molar-refractivity contribution is -0.116. The highest BCUT2D eigenvalue weighted by Gasteiger charge is 2.29. The first kappa shape index (κ1) is 28.4. The summed E-state index contributed by atoms with van der Waals surface area (Å²) in [6, 6.07) is 22.3. The predicted octanol–water partition coefficient (Wildman–Crippen LogP) is 9.12. The standard InChI is InChI=1S/C36H45NO3/c1-25(2)29-19-11-15-27(22-23-28(38)16-10-14-26-12-4-3-5-13-26)36(29)37-35(39)24-32-30-17-6-8-20-33(30)40-34-21-9-7-18-31(32)34/h6-9,11,15,17-21,25-26,28,32,38H,3-5,10,12-14,16,22-24H2,1-2H3,(H,37,39). The molecule has 0 radical (unpaired) electrons. The van der Waals surface area contributed by atoms with Crippen LogP contribution in [-0.2, 0) is 11.2 Å². The number of carbonyl (C=O) groups excluding carboxylic acids is 1. The Morgan fingerprint density at radius 1 is 0.900 bits per heavy atom. The van der Waals surface area contributed by atoms with Gasteiger partial charge < -0.3 is 15.2 Å². The van der Waals surface area contributed by atoms with Gasteiger partial charge in [0.25, 0.3) is 0 Å². The second kappa shape index (κ2) is 13.5. The summed E-state index contributed by atoms with van der Waals surface area (Å²) in [5, 5.41) is 14.1. The molecule has 3 aromatic carbocycles. The fraction of sp³-hybridized carbons (Fsp3) is 0.472. The Hall–Kier alpha value is -3.11. The largest absolute Gasteiger partial charge is 0.457 e. The molecular weight excluding hydrogens is 494 g/mol. The van der Waals surface area contributed by atoms with E-state index in [1.807, 2.05) is 36.4 Å². The molecule has 1 fully saturated rings. The quantitative estimate of drug-likeness (QED) is 0.255. The fourth-order valence-electron chi connectivity index (χ4n) is 6.65. The maximum Gasteiger partial charge on any atom is 0.225 e. The van der Waals surface area contributed by atoms with E-state index < -0.39 is 0 Å². The Bertz CT molecular complexity index is 1230. The molecule has 1 saturated carbocycles. The van der Waals surface area contributed by atoms with Crippen molar-refractivity contribution in [1.82, 2.24) is 0 Å². The first-order valence-electron chi connectivity index (χ1n) is 15.4. The Balaban J connectivity index is 1.26. The molecule has 3 aromatic rings. The molecule has 1 heterocycles. The number of rotatable bonds is 11. The van der Waals surface area contributed by atoms with Crippen LogP contribution in [0.5, 0.6) is 11.5 Å². The maximum absolute atomic E-state index is 13.7. The SMILES string of the molecule is CC(C)c1cccc(CCC(O)CCCC2CCCCC2)c1NC(=O)CC1c2ccccc2Oc2ccccc21. The fourth-order valence-corrected chi connectivity index (χ4v) is 6.65. The van der Waals surface area contributed by atoms with Gasteiger partial charge in [-0.05, 0) is 54.4 Å². The van der Waals surface area contributed by atoms with Gasteiger partial charge in [-0.25, -0.2) is 0 Å². The van der Waals surface area contributed by atoms with Crippen molar-refractivity contribution >= 4 is 11.6 Å². The summed E-state index contributed by atoms with van der Waals surface area (Å²) >= 11 is 0. The third-order valence-electron chi connectivity index (χ3n) is 8.89. The summed E-state index contributed by atoms with van der Waals surface area (Å²) in [4.78, 5) is 13.7. The van der Waals surface area contributed by atoms with Gasteiger partial charge >= 0.3 is 0 Å². The summed E-state index contributed by atoms with van der Waals surface area (Å²) in [5.41, 5.74) is 5.27. The lowest BCUT2D eigenvalue weighted by Crippen LogP contribution is -2.21. The molecule has 0 saturated heterocycles. The zero-order chi connectivity index (χ0) is 27.9. The number of nitrogens with one attached hydrogen (secondary N) is 1. The number of aliphatic hydroxyl groups is 1. The van der Waals surface area contributed by atoms with Crippen molar-refractivity contribution < 1.29 is 14.6 Å². The third-order valence-corrected chi connectivity index (χ3v) is 8.89. The molecule has 2 N–H and O–H groups in total. The van der Waals surface area contributed by atoms with Gasteiger partial charge in [-0.15, -0.1) is 0 Å². The van der Waals surface area contributed by atoms with Crippen molar-refractivity contribution in [2.45, 2.75) is 102 Å². The molecule has 0 aromatic heterocycles. The van der Waals surface area contributed by atoms with E-state index in [1.165, 1.54) is 38.5 Å². The number of hydrogen-bond acceptors (Lipinski definition) is 3. The van der Waals surface area contributed by atoms with Gasteiger partial charge in [0.2, 0.25) is 5.91 Å². The molecule has 4 heteroatoms. The molecule has 0 spiro atoms. The number of aryl methyl sites for hydroxylation is 1. The van der Waals surface area contributed by atoms with Crippen molar-refractivity contribution in [3.63, 3.8) is 0 Å². The highest BCUT2D eigenvalue weighted by atomic mass is 16.5. The minimum atomic E-state index is -0.301. The summed E-state index contributed by atoms with van der Waals surface area (Å²) in [6.07, 6.45) is 11.6. The van der Waals surface area contributed by atoms with Gasteiger partial charge in [0.1, 0.15) is 11.5 Å². The van der Waals surface area contributed by atoms with E-state index in [1.54, 1.807) is 0 Å². The number of carbonyl (C=O) groups is 1. The third kappa shape index (κ3) is 6.96. The monoisotopic (exact) mass is 539 g/mol. The number of aliphatic hydroxyl groups excluding tert-OH is 1. The summed E-state index contributed by atoms with van der Waals surface area (Å²) in [7, 11) is 0. The normalized spacial score (nSPS) is 16.2. The highest BCUT2D eigenvalue weighted by Crippen LogP contribution is 2.45. The minimum absolute atomic E-state index is 0.00103. The van der Waals surface area contributed by atoms with Crippen LogP contribution in [0, 0.1) is 5.92 Å². The van der Waals surface area contributed by atoms with Crippen molar-refractivity contribution in [2.75, 3.05) is 5.32 Å². The van der Waals surface area contributed by atoms with Gasteiger partial charge in [0.15, 0.2) is 0 Å². The molecule has 212 valence electrons. The zero-order valence-corrected chi connectivity index (χ0v) is 24.2. The lowest BCUT2D eigenvalue weighted by atomic mass is 9.85. The zero-order valence-electron chi connectivity index (χ0n) is 24.2. The predicted molar refractivity (Wildman–Crippen MR) is 163 cm³/mol. The number of benzene rings is 3. The van der Waals surface area contributed by atoms with E-state index in [-0.39, 0.29) is 23.8 Å². The molecule has 40 heavy (non-hydrogen) atoms. The number of ether oxygens (including phenoxy) is 1. The van der Waals surface area contributed by atoms with Gasteiger partial charge in [0, 0.05) is 29.2 Å². The topological polar surface area (TPSA) is 58.6 Å². The number of amides is 1. The Morgan fingerprint density at radius 2 is 1.57 bits per heavy atom. The second-order valence-electron chi connectivity index (χ2n) is 12.1. The van der Waals surface area contributed by atoms with Crippen LogP contribution >= 0.6 is 0 Å². The molecule has 0 bridgehead atoms. The van der Waals surface area contributed by atoms with E-state index in [0.29, 0.717) is 6.42 Å². The van der Waals surface area contributed by atoms with Crippen molar-refractivity contribution in [2.24, 2.45) is 5.92 Å². The summed E-state index contributed by atoms with van der Waals surface area (Å²) in [5.74, 6) is 2.71. The molecule has 1 aliphatic carbocycles. The molecule has 1 unspecified atom stereocenters. The van der Waals surface area contributed by atoms with E-state index in [2.05, 4.69) is 49.5 Å². The smallest absolute Gasteiger partial charge is 0.225 e. The van der Waals surface area contributed by atoms with E-state index in [9.17, 15) is 9.90 Å². The van der Waals surface area contributed by atoms with Crippen LogP contribution in [0.15, 0.2) is 66.7 Å². The molecule has 1 amide bonds. The number of anilines is 1. The molecule has 4 nitrogen and oxygen atoms in total. The summed E-state index contributed by atoms with van der Waals surface area (Å²) in [6.45, 7) is 4.33. The number of fused-ring (bicyclic) bond motifs is 2. The molecule has 5 rings (SSSR count). The van der Waals surface area contributed by atoms with Gasteiger partial charge in [0.05, 0.1) is 6.10 Å².